The molecule has 1 aromatic rings. The lowest BCUT2D eigenvalue weighted by atomic mass is 9.91. The standard InChI is InChI=1S/C28H54O4Si2/c1-11-34(12-2,13-3)32-26(20-23-30-24-25-18-15-14-16-19-25)28(7,29-8)21-17-22-31-33(9,10)27(4,5)6/h14-16,18-19,26H,11-13,17,20-24H2,1-10H3/t26-,28-/m1/s1. The van der Waals surface area contributed by atoms with Gasteiger partial charge in [-0.2, -0.15) is 0 Å². The number of rotatable bonds is 17. The molecule has 0 unspecified atom stereocenters. The van der Waals surface area contributed by atoms with Crippen LogP contribution >= 0.6 is 0 Å². The molecule has 6 heteroatoms. The maximum Gasteiger partial charge on any atom is 0.192 e. The molecule has 2 atom stereocenters. The highest BCUT2D eigenvalue weighted by Crippen LogP contribution is 2.37. The molecule has 0 fully saturated rings. The fourth-order valence-electron chi connectivity index (χ4n) is 4.11. The molecule has 34 heavy (non-hydrogen) atoms. The van der Waals surface area contributed by atoms with Crippen molar-refractivity contribution >= 4 is 16.6 Å². The van der Waals surface area contributed by atoms with E-state index >= 15 is 0 Å². The van der Waals surface area contributed by atoms with Crippen molar-refractivity contribution in [2.24, 2.45) is 0 Å². The molecule has 0 saturated carbocycles. The van der Waals surface area contributed by atoms with E-state index in [1.807, 2.05) is 13.2 Å². The molecule has 0 aromatic heterocycles. The molecule has 0 aliphatic rings. The number of hydrogen-bond donors (Lipinski definition) is 0. The minimum Gasteiger partial charge on any atom is -0.417 e. The molecule has 0 amide bonds. The van der Waals surface area contributed by atoms with Crippen LogP contribution in [-0.2, 0) is 24.9 Å². The van der Waals surface area contributed by atoms with Gasteiger partial charge in [0, 0.05) is 20.3 Å². The first-order valence-electron chi connectivity index (χ1n) is 13.4. The summed E-state index contributed by atoms with van der Waals surface area (Å²) in [5.74, 6) is 0. The van der Waals surface area contributed by atoms with E-state index in [-0.39, 0.29) is 16.7 Å². The van der Waals surface area contributed by atoms with Crippen LogP contribution in [0.3, 0.4) is 0 Å². The van der Waals surface area contributed by atoms with E-state index in [9.17, 15) is 0 Å². The van der Waals surface area contributed by atoms with Crippen LogP contribution in [0.5, 0.6) is 0 Å². The average Bonchev–Trinajstić information content (AvgIpc) is 2.81. The molecular formula is C28H54O4Si2. The van der Waals surface area contributed by atoms with Crippen LogP contribution < -0.4 is 0 Å². The van der Waals surface area contributed by atoms with Gasteiger partial charge in [0.15, 0.2) is 16.6 Å². The fraction of sp³-hybridized carbons (Fsp3) is 0.786. The Bertz CT molecular complexity index is 662. The number of benzene rings is 1. The summed E-state index contributed by atoms with van der Waals surface area (Å²) < 4.78 is 25.8. The zero-order valence-corrected chi connectivity index (χ0v) is 26.0. The molecule has 0 aliphatic heterocycles. The summed E-state index contributed by atoms with van der Waals surface area (Å²) in [6, 6.07) is 13.8. The second kappa shape index (κ2) is 14.3. The Morgan fingerprint density at radius 1 is 0.882 bits per heavy atom. The SMILES string of the molecule is CC[Si](CC)(CC)O[C@H](CCOCc1ccccc1)[C@@](C)(CCCO[Si](C)(C)C(C)(C)C)OC. The van der Waals surface area contributed by atoms with E-state index in [1.165, 1.54) is 5.56 Å². The molecule has 1 aromatic carbocycles. The van der Waals surface area contributed by atoms with Crippen LogP contribution in [0.15, 0.2) is 30.3 Å². The molecule has 0 N–H and O–H groups in total. The molecule has 0 radical (unpaired) electrons. The summed E-state index contributed by atoms with van der Waals surface area (Å²) in [6.45, 7) is 22.7. The van der Waals surface area contributed by atoms with Gasteiger partial charge in [0.1, 0.15) is 0 Å². The first-order valence-corrected chi connectivity index (χ1v) is 18.8. The predicted octanol–water partition coefficient (Wildman–Crippen LogP) is 8.19. The van der Waals surface area contributed by atoms with Gasteiger partial charge in [-0.1, -0.05) is 71.9 Å². The normalized spacial score (nSPS) is 15.8. The van der Waals surface area contributed by atoms with E-state index in [0.717, 1.165) is 44.0 Å². The number of methoxy groups -OCH3 is 1. The summed E-state index contributed by atoms with van der Waals surface area (Å²) in [6.07, 6.45) is 2.76. The molecule has 1 rings (SSSR count). The summed E-state index contributed by atoms with van der Waals surface area (Å²) in [7, 11) is -1.69. The van der Waals surface area contributed by atoms with Crippen LogP contribution in [0.25, 0.3) is 0 Å². The monoisotopic (exact) mass is 510 g/mol. The third-order valence-electron chi connectivity index (χ3n) is 8.20. The lowest BCUT2D eigenvalue weighted by molar-refractivity contribution is -0.0997. The van der Waals surface area contributed by atoms with Gasteiger partial charge in [0.2, 0.25) is 0 Å². The third-order valence-corrected chi connectivity index (χ3v) is 17.4. The van der Waals surface area contributed by atoms with Gasteiger partial charge in [-0.25, -0.2) is 0 Å². The molecular weight excluding hydrogens is 456 g/mol. The van der Waals surface area contributed by atoms with E-state index < -0.39 is 16.6 Å². The Labute approximate surface area is 213 Å². The number of hydrogen-bond acceptors (Lipinski definition) is 4. The minimum absolute atomic E-state index is 0.0210. The van der Waals surface area contributed by atoms with Gasteiger partial charge in [-0.3, -0.25) is 0 Å². The van der Waals surface area contributed by atoms with Crippen molar-refractivity contribution in [3.8, 4) is 0 Å². The lowest BCUT2D eigenvalue weighted by Gasteiger charge is -2.43. The van der Waals surface area contributed by atoms with Gasteiger partial charge < -0.3 is 18.3 Å². The van der Waals surface area contributed by atoms with Crippen LogP contribution in [0, 0.1) is 0 Å². The zero-order chi connectivity index (χ0) is 25.9. The Kier molecular flexibility index (Phi) is 13.2. The Hall–Kier alpha value is -0.506. The van der Waals surface area contributed by atoms with E-state index in [1.54, 1.807) is 0 Å². The first kappa shape index (κ1) is 31.5. The van der Waals surface area contributed by atoms with Crippen LogP contribution in [0.1, 0.15) is 73.3 Å². The molecule has 198 valence electrons. The summed E-state index contributed by atoms with van der Waals surface area (Å²) in [5.41, 5.74) is 0.849. The molecule has 0 heterocycles. The zero-order valence-electron chi connectivity index (χ0n) is 24.0. The third kappa shape index (κ3) is 9.51. The van der Waals surface area contributed by atoms with Crippen molar-refractivity contribution < 1.29 is 18.3 Å². The molecule has 4 nitrogen and oxygen atoms in total. The van der Waals surface area contributed by atoms with Crippen LogP contribution in [0.2, 0.25) is 36.3 Å². The lowest BCUT2D eigenvalue weighted by Crippen LogP contribution is -2.51. The Balaban J connectivity index is 2.85. The van der Waals surface area contributed by atoms with Crippen molar-refractivity contribution in [1.29, 1.82) is 0 Å². The van der Waals surface area contributed by atoms with E-state index in [4.69, 9.17) is 18.3 Å². The van der Waals surface area contributed by atoms with Gasteiger partial charge in [-0.15, -0.1) is 0 Å². The Morgan fingerprint density at radius 2 is 1.47 bits per heavy atom. The molecule has 0 spiro atoms. The van der Waals surface area contributed by atoms with Crippen molar-refractivity contribution in [2.75, 3.05) is 20.3 Å². The second-order valence-electron chi connectivity index (χ2n) is 11.4. The van der Waals surface area contributed by atoms with Crippen LogP contribution in [0.4, 0.5) is 0 Å². The van der Waals surface area contributed by atoms with Gasteiger partial charge >= 0.3 is 0 Å². The largest absolute Gasteiger partial charge is 0.417 e. The van der Waals surface area contributed by atoms with Gasteiger partial charge in [-0.05, 0) is 68.0 Å². The molecule has 0 aliphatic carbocycles. The first-order chi connectivity index (χ1) is 15.9. The van der Waals surface area contributed by atoms with Crippen molar-refractivity contribution in [3.63, 3.8) is 0 Å². The van der Waals surface area contributed by atoms with Gasteiger partial charge in [0.05, 0.1) is 18.3 Å². The minimum atomic E-state index is -1.79. The summed E-state index contributed by atoms with van der Waals surface area (Å²) in [4.78, 5) is 0. The smallest absolute Gasteiger partial charge is 0.192 e. The van der Waals surface area contributed by atoms with Crippen molar-refractivity contribution in [2.45, 2.75) is 122 Å². The maximum atomic E-state index is 7.05. The highest BCUT2D eigenvalue weighted by Gasteiger charge is 2.41. The molecule has 0 saturated heterocycles. The van der Waals surface area contributed by atoms with Gasteiger partial charge in [0.25, 0.3) is 0 Å². The van der Waals surface area contributed by atoms with E-state index in [2.05, 4.69) is 85.8 Å². The van der Waals surface area contributed by atoms with E-state index in [0.29, 0.717) is 13.2 Å². The summed E-state index contributed by atoms with van der Waals surface area (Å²) in [5, 5.41) is 0.230. The number of ether oxygens (including phenoxy) is 2. The van der Waals surface area contributed by atoms with Crippen molar-refractivity contribution in [3.05, 3.63) is 35.9 Å². The topological polar surface area (TPSA) is 36.9 Å². The maximum absolute atomic E-state index is 7.05. The molecule has 0 bridgehead atoms. The second-order valence-corrected chi connectivity index (χ2v) is 20.9. The quantitative estimate of drug-likeness (QED) is 0.156. The highest BCUT2D eigenvalue weighted by atomic mass is 28.4. The highest BCUT2D eigenvalue weighted by molar-refractivity contribution is 6.74. The average molecular weight is 511 g/mol. The predicted molar refractivity (Wildman–Crippen MR) is 151 cm³/mol. The summed E-state index contributed by atoms with van der Waals surface area (Å²) >= 11 is 0. The Morgan fingerprint density at radius 3 is 1.97 bits per heavy atom. The van der Waals surface area contributed by atoms with Crippen LogP contribution in [-0.4, -0.2) is 48.7 Å². The fourth-order valence-corrected chi connectivity index (χ4v) is 8.17. The van der Waals surface area contributed by atoms with Crippen molar-refractivity contribution in [1.82, 2.24) is 0 Å².